The van der Waals surface area contributed by atoms with Gasteiger partial charge in [-0.25, -0.2) is 4.79 Å². The summed E-state index contributed by atoms with van der Waals surface area (Å²) in [4.78, 5) is 23.8. The van der Waals surface area contributed by atoms with Crippen molar-refractivity contribution in [1.29, 1.82) is 0 Å². The maximum absolute atomic E-state index is 13.0. The lowest BCUT2D eigenvalue weighted by Crippen LogP contribution is -2.19. The van der Waals surface area contributed by atoms with Crippen LogP contribution in [0.15, 0.2) is 42.5 Å². The Bertz CT molecular complexity index is 788. The molecule has 5 nitrogen and oxygen atoms in total. The number of hydrogen-bond donors (Lipinski definition) is 2. The number of alkyl halides is 3. The highest BCUT2D eigenvalue weighted by Crippen LogP contribution is 2.32. The van der Waals surface area contributed by atoms with E-state index in [1.807, 2.05) is 0 Å². The molecule has 2 rings (SSSR count). The standard InChI is InChI=1S/C16H13F3N2O3/c1-24-15(23)10-6-4-8-12(13(10)20)21-14(22)9-5-2-3-7-11(9)16(17,18)19/h2-8H,20H2,1H3,(H,21,22). The monoisotopic (exact) mass is 338 g/mol. The normalized spacial score (nSPS) is 11.0. The van der Waals surface area contributed by atoms with Gasteiger partial charge in [-0.2, -0.15) is 13.2 Å². The van der Waals surface area contributed by atoms with Crippen LogP contribution in [0.4, 0.5) is 24.5 Å². The lowest BCUT2D eigenvalue weighted by molar-refractivity contribution is -0.137. The number of carbonyl (C=O) groups excluding carboxylic acids is 2. The second-order valence-corrected chi connectivity index (χ2v) is 4.76. The minimum absolute atomic E-state index is 0.000550. The Morgan fingerprint density at radius 2 is 1.67 bits per heavy atom. The summed E-state index contributed by atoms with van der Waals surface area (Å²) in [6.45, 7) is 0. The van der Waals surface area contributed by atoms with Gasteiger partial charge in [-0.05, 0) is 24.3 Å². The van der Waals surface area contributed by atoms with E-state index < -0.39 is 29.2 Å². The smallest absolute Gasteiger partial charge is 0.417 e. The third-order valence-electron chi connectivity index (χ3n) is 3.24. The van der Waals surface area contributed by atoms with E-state index in [4.69, 9.17) is 5.73 Å². The van der Waals surface area contributed by atoms with Crippen LogP contribution in [0, 0.1) is 0 Å². The van der Waals surface area contributed by atoms with Crippen LogP contribution >= 0.6 is 0 Å². The third kappa shape index (κ3) is 3.48. The van der Waals surface area contributed by atoms with E-state index in [0.29, 0.717) is 0 Å². The molecule has 0 aliphatic heterocycles. The Labute approximate surface area is 135 Å². The fraction of sp³-hybridized carbons (Fsp3) is 0.125. The summed E-state index contributed by atoms with van der Waals surface area (Å²) in [7, 11) is 1.16. The molecular formula is C16H13F3N2O3. The number of ether oxygens (including phenoxy) is 1. The predicted octanol–water partition coefficient (Wildman–Crippen LogP) is 3.33. The molecule has 0 radical (unpaired) electrons. The van der Waals surface area contributed by atoms with Crippen molar-refractivity contribution in [3.8, 4) is 0 Å². The van der Waals surface area contributed by atoms with Gasteiger partial charge >= 0.3 is 12.1 Å². The third-order valence-corrected chi connectivity index (χ3v) is 3.24. The summed E-state index contributed by atoms with van der Waals surface area (Å²) < 4.78 is 43.5. The Morgan fingerprint density at radius 3 is 2.29 bits per heavy atom. The van der Waals surface area contributed by atoms with Crippen molar-refractivity contribution < 1.29 is 27.5 Å². The zero-order valence-electron chi connectivity index (χ0n) is 12.5. The second kappa shape index (κ2) is 6.61. The number of benzene rings is 2. The Hall–Kier alpha value is -3.03. The van der Waals surface area contributed by atoms with E-state index in [1.165, 1.54) is 30.3 Å². The van der Waals surface area contributed by atoms with Crippen LogP contribution in [0.3, 0.4) is 0 Å². The van der Waals surface area contributed by atoms with E-state index in [9.17, 15) is 22.8 Å². The SMILES string of the molecule is COC(=O)c1cccc(NC(=O)c2ccccc2C(F)(F)F)c1N. The number of nitrogens with one attached hydrogen (secondary N) is 1. The molecule has 8 heteroatoms. The topological polar surface area (TPSA) is 81.4 Å². The van der Waals surface area contributed by atoms with Gasteiger partial charge in [-0.3, -0.25) is 4.79 Å². The number of para-hydroxylation sites is 1. The highest BCUT2D eigenvalue weighted by molar-refractivity contribution is 6.08. The molecular weight excluding hydrogens is 325 g/mol. The fourth-order valence-corrected chi connectivity index (χ4v) is 2.08. The molecule has 2 aromatic rings. The summed E-state index contributed by atoms with van der Waals surface area (Å²) in [6.07, 6.45) is -4.67. The van der Waals surface area contributed by atoms with Gasteiger partial charge in [0.1, 0.15) is 0 Å². The molecule has 0 saturated carbocycles. The number of anilines is 2. The zero-order valence-corrected chi connectivity index (χ0v) is 12.5. The quantitative estimate of drug-likeness (QED) is 0.664. The Morgan fingerprint density at radius 1 is 1.04 bits per heavy atom. The number of nitrogens with two attached hydrogens (primary N) is 1. The summed E-state index contributed by atoms with van der Waals surface area (Å²) >= 11 is 0. The van der Waals surface area contributed by atoms with Gasteiger partial charge in [0.2, 0.25) is 0 Å². The molecule has 3 N–H and O–H groups in total. The number of nitrogen functional groups attached to an aromatic ring is 1. The van der Waals surface area contributed by atoms with Gasteiger partial charge < -0.3 is 15.8 Å². The van der Waals surface area contributed by atoms with Crippen molar-refractivity contribution >= 4 is 23.3 Å². The molecule has 0 aliphatic rings. The predicted molar refractivity (Wildman–Crippen MR) is 81.6 cm³/mol. The first kappa shape index (κ1) is 17.3. The average Bonchev–Trinajstić information content (AvgIpc) is 2.55. The van der Waals surface area contributed by atoms with Crippen molar-refractivity contribution in [3.63, 3.8) is 0 Å². The van der Waals surface area contributed by atoms with Crippen LogP contribution in [0.25, 0.3) is 0 Å². The van der Waals surface area contributed by atoms with E-state index in [0.717, 1.165) is 19.2 Å². The van der Waals surface area contributed by atoms with E-state index in [-0.39, 0.29) is 16.9 Å². The number of halogens is 3. The summed E-state index contributed by atoms with van der Waals surface area (Å²) in [5, 5.41) is 2.29. The van der Waals surface area contributed by atoms with Gasteiger partial charge in [0.05, 0.1) is 35.2 Å². The van der Waals surface area contributed by atoms with Crippen molar-refractivity contribution in [2.24, 2.45) is 0 Å². The first-order valence-electron chi connectivity index (χ1n) is 6.70. The molecule has 1 amide bonds. The summed E-state index contributed by atoms with van der Waals surface area (Å²) in [5.41, 5.74) is 4.08. The average molecular weight is 338 g/mol. The van der Waals surface area contributed by atoms with Gasteiger partial charge in [-0.15, -0.1) is 0 Å². The van der Waals surface area contributed by atoms with E-state index in [1.54, 1.807) is 0 Å². The second-order valence-electron chi connectivity index (χ2n) is 4.76. The number of carbonyl (C=O) groups is 2. The minimum Gasteiger partial charge on any atom is -0.465 e. The largest absolute Gasteiger partial charge is 0.465 e. The maximum atomic E-state index is 13.0. The van der Waals surface area contributed by atoms with Crippen LogP contribution in [-0.4, -0.2) is 19.0 Å². The lowest BCUT2D eigenvalue weighted by atomic mass is 10.1. The van der Waals surface area contributed by atoms with Crippen molar-refractivity contribution in [2.45, 2.75) is 6.18 Å². The Kier molecular flexibility index (Phi) is 4.77. The number of hydrogen-bond acceptors (Lipinski definition) is 4. The highest BCUT2D eigenvalue weighted by atomic mass is 19.4. The molecule has 0 unspecified atom stereocenters. The number of methoxy groups -OCH3 is 1. The van der Waals surface area contributed by atoms with Crippen molar-refractivity contribution in [2.75, 3.05) is 18.2 Å². The molecule has 0 spiro atoms. The van der Waals surface area contributed by atoms with Crippen LogP contribution in [-0.2, 0) is 10.9 Å². The molecule has 0 saturated heterocycles. The molecule has 2 aromatic carbocycles. The Balaban J connectivity index is 2.37. The van der Waals surface area contributed by atoms with E-state index in [2.05, 4.69) is 10.1 Å². The molecule has 0 aromatic heterocycles. The molecule has 0 heterocycles. The summed E-state index contributed by atoms with van der Waals surface area (Å²) in [5.74, 6) is -1.71. The molecule has 126 valence electrons. The lowest BCUT2D eigenvalue weighted by Gasteiger charge is -2.14. The number of rotatable bonds is 3. The van der Waals surface area contributed by atoms with E-state index >= 15 is 0 Å². The summed E-state index contributed by atoms with van der Waals surface area (Å²) in [6, 6.07) is 8.54. The van der Waals surface area contributed by atoms with Gasteiger partial charge in [-0.1, -0.05) is 18.2 Å². The van der Waals surface area contributed by atoms with Crippen LogP contribution in [0.5, 0.6) is 0 Å². The zero-order chi connectivity index (χ0) is 17.9. The van der Waals surface area contributed by atoms with Gasteiger partial charge in [0, 0.05) is 0 Å². The number of esters is 1. The van der Waals surface area contributed by atoms with Crippen molar-refractivity contribution in [1.82, 2.24) is 0 Å². The minimum atomic E-state index is -4.67. The van der Waals surface area contributed by atoms with Crippen LogP contribution in [0.1, 0.15) is 26.3 Å². The van der Waals surface area contributed by atoms with Crippen molar-refractivity contribution in [3.05, 3.63) is 59.2 Å². The molecule has 0 bridgehead atoms. The molecule has 0 aliphatic carbocycles. The number of amides is 1. The molecule has 24 heavy (non-hydrogen) atoms. The molecule has 0 atom stereocenters. The van der Waals surface area contributed by atoms with Crippen LogP contribution < -0.4 is 11.1 Å². The van der Waals surface area contributed by atoms with Gasteiger partial charge in [0.25, 0.3) is 5.91 Å². The van der Waals surface area contributed by atoms with Crippen LogP contribution in [0.2, 0.25) is 0 Å². The first-order valence-corrected chi connectivity index (χ1v) is 6.70. The van der Waals surface area contributed by atoms with Gasteiger partial charge in [0.15, 0.2) is 0 Å². The highest BCUT2D eigenvalue weighted by Gasteiger charge is 2.35. The molecule has 0 fully saturated rings. The first-order chi connectivity index (χ1) is 11.3. The fourth-order valence-electron chi connectivity index (χ4n) is 2.08. The maximum Gasteiger partial charge on any atom is 0.417 e.